The first-order valence-electron chi connectivity index (χ1n) is 8.65. The summed E-state index contributed by atoms with van der Waals surface area (Å²) in [4.78, 5) is 37.1. The molecule has 0 fully saturated rings. The van der Waals surface area contributed by atoms with Crippen LogP contribution in [0, 0.1) is 5.41 Å². The van der Waals surface area contributed by atoms with Gasteiger partial charge in [0.25, 0.3) is 11.9 Å². The third kappa shape index (κ3) is 6.68. The molecule has 0 aromatic carbocycles. The number of rotatable bonds is 8. The number of amides is 2. The van der Waals surface area contributed by atoms with Crippen molar-refractivity contribution in [1.82, 2.24) is 15.5 Å². The largest absolute Gasteiger partial charge is 0.513 e. The normalized spacial score (nSPS) is 21.3. The van der Waals surface area contributed by atoms with E-state index in [-0.39, 0.29) is 0 Å². The number of carbonyl (C=O) groups excluding carboxylic acids is 2. The van der Waals surface area contributed by atoms with Gasteiger partial charge in [0.1, 0.15) is 0 Å². The summed E-state index contributed by atoms with van der Waals surface area (Å²) >= 11 is 0. The van der Waals surface area contributed by atoms with E-state index < -0.39 is 48.1 Å². The zero-order valence-electron chi connectivity index (χ0n) is 15.7. The molecule has 1 aliphatic heterocycles. The molecule has 0 bridgehead atoms. The van der Waals surface area contributed by atoms with Crippen molar-refractivity contribution in [2.45, 2.75) is 51.8 Å². The van der Waals surface area contributed by atoms with Gasteiger partial charge in [-0.3, -0.25) is 15.0 Å². The lowest BCUT2D eigenvalue weighted by Gasteiger charge is -2.38. The summed E-state index contributed by atoms with van der Waals surface area (Å²) in [6.07, 6.45) is -0.224. The van der Waals surface area contributed by atoms with Crippen molar-refractivity contribution < 1.29 is 29.0 Å². The van der Waals surface area contributed by atoms with E-state index >= 15 is 0 Å². The van der Waals surface area contributed by atoms with E-state index in [2.05, 4.69) is 15.4 Å². The monoisotopic (exact) mass is 385 g/mol. The SMILES string of the molecule is CCCN(CCC)C(=O)[C@@H]1OC(OC(=O)O)=C[C@H](NC(=N)N)[C@H]1NC(C)=O. The van der Waals surface area contributed by atoms with Gasteiger partial charge in [0.2, 0.25) is 12.0 Å². The molecule has 0 saturated heterocycles. The lowest BCUT2D eigenvalue weighted by Crippen LogP contribution is -2.63. The fraction of sp³-hybridized carbons (Fsp3) is 0.625. The zero-order chi connectivity index (χ0) is 20.6. The number of hydrogen-bond acceptors (Lipinski definition) is 6. The lowest BCUT2D eigenvalue weighted by atomic mass is 9.98. The molecule has 1 aliphatic rings. The number of hydrogen-bond donors (Lipinski definition) is 5. The molecular weight excluding hydrogens is 358 g/mol. The highest BCUT2D eigenvalue weighted by molar-refractivity contribution is 5.84. The Bertz CT molecular complexity index is 602. The average Bonchev–Trinajstić information content (AvgIpc) is 2.54. The Kier molecular flexibility index (Phi) is 8.36. The maximum atomic E-state index is 13.0. The van der Waals surface area contributed by atoms with Crippen LogP contribution in [0.15, 0.2) is 12.0 Å². The van der Waals surface area contributed by atoms with Crippen LogP contribution in [0.2, 0.25) is 0 Å². The molecule has 6 N–H and O–H groups in total. The summed E-state index contributed by atoms with van der Waals surface area (Å²) in [5.74, 6) is -1.69. The number of guanidine groups is 1. The second-order valence-corrected chi connectivity index (χ2v) is 6.03. The molecule has 11 heteroatoms. The van der Waals surface area contributed by atoms with Gasteiger partial charge in [-0.15, -0.1) is 0 Å². The van der Waals surface area contributed by atoms with E-state index in [0.29, 0.717) is 25.9 Å². The van der Waals surface area contributed by atoms with Crippen molar-refractivity contribution in [2.75, 3.05) is 13.1 Å². The number of nitrogens with two attached hydrogens (primary N) is 1. The quantitative estimate of drug-likeness (QED) is 0.220. The van der Waals surface area contributed by atoms with E-state index in [4.69, 9.17) is 21.0 Å². The Morgan fingerprint density at radius 1 is 1.30 bits per heavy atom. The van der Waals surface area contributed by atoms with Crippen molar-refractivity contribution >= 4 is 23.9 Å². The second-order valence-electron chi connectivity index (χ2n) is 6.03. The zero-order valence-corrected chi connectivity index (χ0v) is 15.7. The third-order valence-corrected chi connectivity index (χ3v) is 3.69. The highest BCUT2D eigenvalue weighted by atomic mass is 16.7. The van der Waals surface area contributed by atoms with Gasteiger partial charge in [-0.1, -0.05) is 13.8 Å². The fourth-order valence-corrected chi connectivity index (χ4v) is 2.79. The summed E-state index contributed by atoms with van der Waals surface area (Å²) in [5.41, 5.74) is 5.38. The molecule has 2 amide bonds. The van der Waals surface area contributed by atoms with Crippen molar-refractivity contribution in [1.29, 1.82) is 5.41 Å². The summed E-state index contributed by atoms with van der Waals surface area (Å²) < 4.78 is 10.0. The van der Waals surface area contributed by atoms with Gasteiger partial charge < -0.3 is 35.8 Å². The highest BCUT2D eigenvalue weighted by Gasteiger charge is 2.43. The molecule has 1 rings (SSSR count). The second kappa shape index (κ2) is 10.2. The molecule has 0 unspecified atom stereocenters. The Labute approximate surface area is 157 Å². The van der Waals surface area contributed by atoms with Crippen LogP contribution in [-0.4, -0.2) is 65.2 Å². The van der Waals surface area contributed by atoms with Crippen molar-refractivity contribution in [3.63, 3.8) is 0 Å². The van der Waals surface area contributed by atoms with Crippen molar-refractivity contribution in [2.24, 2.45) is 5.73 Å². The van der Waals surface area contributed by atoms with E-state index in [1.165, 1.54) is 13.0 Å². The predicted molar refractivity (Wildman–Crippen MR) is 95.7 cm³/mol. The molecule has 11 nitrogen and oxygen atoms in total. The summed E-state index contributed by atoms with van der Waals surface area (Å²) in [7, 11) is 0. The van der Waals surface area contributed by atoms with Gasteiger partial charge in [-0.05, 0) is 12.8 Å². The van der Waals surface area contributed by atoms with E-state index in [9.17, 15) is 14.4 Å². The lowest BCUT2D eigenvalue weighted by molar-refractivity contribution is -0.149. The van der Waals surface area contributed by atoms with Gasteiger partial charge >= 0.3 is 6.16 Å². The molecule has 3 atom stereocenters. The molecule has 0 aromatic rings. The maximum Gasteiger partial charge on any atom is 0.513 e. The fourth-order valence-electron chi connectivity index (χ4n) is 2.79. The number of nitrogens with one attached hydrogen (secondary N) is 3. The Morgan fingerprint density at radius 2 is 1.89 bits per heavy atom. The molecule has 0 spiro atoms. The van der Waals surface area contributed by atoms with Crippen LogP contribution in [0.25, 0.3) is 0 Å². The molecule has 1 heterocycles. The number of ether oxygens (including phenoxy) is 2. The number of carboxylic acid groups (broad SMARTS) is 1. The highest BCUT2D eigenvalue weighted by Crippen LogP contribution is 2.22. The minimum Gasteiger partial charge on any atom is -0.449 e. The van der Waals surface area contributed by atoms with E-state index in [0.717, 1.165) is 0 Å². The first-order valence-corrected chi connectivity index (χ1v) is 8.65. The van der Waals surface area contributed by atoms with Gasteiger partial charge in [-0.25, -0.2) is 4.79 Å². The van der Waals surface area contributed by atoms with Crippen LogP contribution in [-0.2, 0) is 19.1 Å². The minimum absolute atomic E-state index is 0.422. The first kappa shape index (κ1) is 22.1. The topological polar surface area (TPSA) is 167 Å². The van der Waals surface area contributed by atoms with Gasteiger partial charge in [-0.2, -0.15) is 0 Å². The standard InChI is InChI=1S/C16H27N5O6/c1-4-6-21(7-5-2)14(23)13-12(19-9(3)22)10(20-15(17)18)8-11(26-13)27-16(24)25/h8,10,12-13H,4-7H2,1-3H3,(H,19,22)(H,24,25)(H4,17,18,20)/t10-,12+,13+/m0/s1. The molecule has 0 saturated carbocycles. The predicted octanol–water partition coefficient (Wildman–Crippen LogP) is -0.0738. The van der Waals surface area contributed by atoms with Gasteiger partial charge in [0, 0.05) is 26.1 Å². The van der Waals surface area contributed by atoms with Crippen LogP contribution < -0.4 is 16.4 Å². The Balaban J connectivity index is 3.26. The van der Waals surface area contributed by atoms with Gasteiger partial charge in [0.15, 0.2) is 5.96 Å². The average molecular weight is 385 g/mol. The molecule has 0 aliphatic carbocycles. The minimum atomic E-state index is -1.62. The van der Waals surface area contributed by atoms with Crippen LogP contribution in [0.3, 0.4) is 0 Å². The van der Waals surface area contributed by atoms with Gasteiger partial charge in [0.05, 0.1) is 12.1 Å². The van der Waals surface area contributed by atoms with E-state index in [1.807, 2.05) is 13.8 Å². The van der Waals surface area contributed by atoms with Crippen LogP contribution in [0.5, 0.6) is 0 Å². The first-order chi connectivity index (χ1) is 12.7. The van der Waals surface area contributed by atoms with Crippen molar-refractivity contribution in [3.05, 3.63) is 12.0 Å². The molecule has 152 valence electrons. The van der Waals surface area contributed by atoms with Crippen LogP contribution in [0.1, 0.15) is 33.6 Å². The molecular formula is C16H27N5O6. The maximum absolute atomic E-state index is 13.0. The molecule has 0 radical (unpaired) electrons. The molecule has 27 heavy (non-hydrogen) atoms. The Morgan fingerprint density at radius 3 is 2.33 bits per heavy atom. The summed E-state index contributed by atoms with van der Waals surface area (Å²) in [5, 5.41) is 21.5. The Hall–Kier alpha value is -2.98. The van der Waals surface area contributed by atoms with Crippen molar-refractivity contribution in [3.8, 4) is 0 Å². The summed E-state index contributed by atoms with van der Waals surface area (Å²) in [6, 6.07) is -1.80. The number of nitrogens with zero attached hydrogens (tertiary/aromatic N) is 1. The third-order valence-electron chi connectivity index (χ3n) is 3.69. The number of carbonyl (C=O) groups is 3. The smallest absolute Gasteiger partial charge is 0.449 e. The summed E-state index contributed by atoms with van der Waals surface area (Å²) in [6.45, 7) is 6.06. The van der Waals surface area contributed by atoms with Crippen LogP contribution in [0.4, 0.5) is 4.79 Å². The van der Waals surface area contributed by atoms with E-state index in [1.54, 1.807) is 4.90 Å². The molecule has 0 aromatic heterocycles. The van der Waals surface area contributed by atoms with Crippen LogP contribution >= 0.6 is 0 Å².